The molecule has 0 aliphatic rings. The van der Waals surface area contributed by atoms with E-state index in [1.807, 2.05) is 6.92 Å². The number of rotatable bonds is 5. The molecule has 64 valence electrons. The lowest BCUT2D eigenvalue weighted by molar-refractivity contribution is -0.117. The van der Waals surface area contributed by atoms with Crippen molar-refractivity contribution in [1.29, 1.82) is 0 Å². The Morgan fingerprint density at radius 3 is 2.91 bits per heavy atom. The van der Waals surface area contributed by atoms with Crippen molar-refractivity contribution in [2.75, 3.05) is 6.61 Å². The summed E-state index contributed by atoms with van der Waals surface area (Å²) in [6.07, 6.45) is 2.77. The molecule has 0 aromatic carbocycles. The van der Waals surface area contributed by atoms with E-state index in [-0.39, 0.29) is 18.6 Å². The van der Waals surface area contributed by atoms with Gasteiger partial charge in [-0.05, 0) is 25.8 Å². The summed E-state index contributed by atoms with van der Waals surface area (Å²) in [6.45, 7) is 5.41. The first-order valence-corrected chi connectivity index (χ1v) is 3.74. The second-order valence-corrected chi connectivity index (χ2v) is 2.48. The zero-order valence-corrected chi connectivity index (χ0v) is 6.84. The molecular formula is C8H15NO2. The minimum Gasteiger partial charge on any atom is -0.396 e. The molecule has 1 atom stereocenters. The quantitative estimate of drug-likeness (QED) is 0.569. The molecule has 3 nitrogen and oxygen atoms in total. The average molecular weight is 157 g/mol. The Hall–Kier alpha value is -0.830. The van der Waals surface area contributed by atoms with Gasteiger partial charge < -0.3 is 10.4 Å². The first-order chi connectivity index (χ1) is 5.20. The lowest BCUT2D eigenvalue weighted by atomic mass is 10.2. The molecule has 0 bridgehead atoms. The summed E-state index contributed by atoms with van der Waals surface area (Å²) < 4.78 is 0. The van der Waals surface area contributed by atoms with Gasteiger partial charge in [-0.2, -0.15) is 0 Å². The lowest BCUT2D eigenvalue weighted by Gasteiger charge is -2.10. The fourth-order valence-electron chi connectivity index (χ4n) is 0.771. The van der Waals surface area contributed by atoms with Crippen molar-refractivity contribution in [3.05, 3.63) is 12.7 Å². The third kappa shape index (κ3) is 5.61. The largest absolute Gasteiger partial charge is 0.396 e. The second-order valence-electron chi connectivity index (χ2n) is 2.48. The van der Waals surface area contributed by atoms with E-state index < -0.39 is 0 Å². The minimum atomic E-state index is -0.157. The molecule has 3 heteroatoms. The van der Waals surface area contributed by atoms with Gasteiger partial charge in [0.05, 0.1) is 0 Å². The Kier molecular flexibility index (Phi) is 5.47. The van der Waals surface area contributed by atoms with Crippen LogP contribution in [0, 0.1) is 0 Å². The maximum absolute atomic E-state index is 10.7. The van der Waals surface area contributed by atoms with E-state index in [0.717, 1.165) is 12.8 Å². The van der Waals surface area contributed by atoms with Gasteiger partial charge in [-0.15, -0.1) is 0 Å². The number of amides is 1. The second kappa shape index (κ2) is 5.92. The smallest absolute Gasteiger partial charge is 0.243 e. The Morgan fingerprint density at radius 1 is 1.82 bits per heavy atom. The zero-order chi connectivity index (χ0) is 8.69. The molecule has 0 saturated heterocycles. The number of carbonyl (C=O) groups is 1. The van der Waals surface area contributed by atoms with Crippen LogP contribution < -0.4 is 5.32 Å². The average Bonchev–Trinajstić information content (AvgIpc) is 2.00. The van der Waals surface area contributed by atoms with Crippen LogP contribution >= 0.6 is 0 Å². The summed E-state index contributed by atoms with van der Waals surface area (Å²) in [7, 11) is 0. The highest BCUT2D eigenvalue weighted by Gasteiger charge is 2.02. The van der Waals surface area contributed by atoms with Gasteiger partial charge in [-0.25, -0.2) is 0 Å². The van der Waals surface area contributed by atoms with Crippen LogP contribution in [0.15, 0.2) is 12.7 Å². The third-order valence-electron chi connectivity index (χ3n) is 1.37. The van der Waals surface area contributed by atoms with Crippen molar-refractivity contribution in [3.8, 4) is 0 Å². The van der Waals surface area contributed by atoms with Crippen LogP contribution in [0.1, 0.15) is 19.8 Å². The van der Waals surface area contributed by atoms with Crippen molar-refractivity contribution in [2.24, 2.45) is 0 Å². The molecule has 0 saturated carbocycles. The van der Waals surface area contributed by atoms with Crippen LogP contribution in [0.3, 0.4) is 0 Å². The fourth-order valence-corrected chi connectivity index (χ4v) is 0.771. The van der Waals surface area contributed by atoms with Crippen molar-refractivity contribution in [3.63, 3.8) is 0 Å². The van der Waals surface area contributed by atoms with Crippen LogP contribution in [0.2, 0.25) is 0 Å². The number of nitrogens with one attached hydrogen (secondary N) is 1. The van der Waals surface area contributed by atoms with Crippen LogP contribution in [0.5, 0.6) is 0 Å². The predicted molar refractivity (Wildman–Crippen MR) is 44.1 cm³/mol. The number of hydrogen-bond donors (Lipinski definition) is 2. The summed E-state index contributed by atoms with van der Waals surface area (Å²) in [6, 6.07) is 0.118. The predicted octanol–water partition coefficient (Wildman–Crippen LogP) is 0.450. The van der Waals surface area contributed by atoms with Gasteiger partial charge in [0, 0.05) is 12.6 Å². The van der Waals surface area contributed by atoms with E-state index in [4.69, 9.17) is 5.11 Å². The topological polar surface area (TPSA) is 49.3 Å². The molecule has 0 heterocycles. The van der Waals surface area contributed by atoms with Gasteiger partial charge in [-0.3, -0.25) is 4.79 Å². The number of aliphatic hydroxyl groups excluding tert-OH is 1. The van der Waals surface area contributed by atoms with Gasteiger partial charge in [0.2, 0.25) is 5.91 Å². The van der Waals surface area contributed by atoms with Crippen LogP contribution in [0.4, 0.5) is 0 Å². The van der Waals surface area contributed by atoms with Gasteiger partial charge >= 0.3 is 0 Å². The molecule has 0 spiro atoms. The highest BCUT2D eigenvalue weighted by molar-refractivity contribution is 5.87. The standard InChI is InChI=1S/C8H15NO2/c1-3-8(11)9-7(2)5-4-6-10/h3,7,10H,1,4-6H2,2H3,(H,9,11). The Morgan fingerprint density at radius 2 is 2.45 bits per heavy atom. The first-order valence-electron chi connectivity index (χ1n) is 3.74. The first kappa shape index (κ1) is 10.2. The van der Waals surface area contributed by atoms with Crippen molar-refractivity contribution in [1.82, 2.24) is 5.32 Å². The van der Waals surface area contributed by atoms with E-state index in [1.165, 1.54) is 6.08 Å². The molecule has 0 radical (unpaired) electrons. The SMILES string of the molecule is C=CC(=O)NC(C)CCCO. The van der Waals surface area contributed by atoms with E-state index in [0.29, 0.717) is 0 Å². The molecular weight excluding hydrogens is 142 g/mol. The Labute approximate surface area is 67.1 Å². The highest BCUT2D eigenvalue weighted by Crippen LogP contribution is 1.94. The molecule has 1 unspecified atom stereocenters. The van der Waals surface area contributed by atoms with Crippen molar-refractivity contribution < 1.29 is 9.90 Å². The van der Waals surface area contributed by atoms with E-state index in [1.54, 1.807) is 0 Å². The monoisotopic (exact) mass is 157 g/mol. The summed E-state index contributed by atoms with van der Waals surface area (Å²) in [4.78, 5) is 10.7. The van der Waals surface area contributed by atoms with E-state index in [9.17, 15) is 4.79 Å². The maximum Gasteiger partial charge on any atom is 0.243 e. The summed E-state index contributed by atoms with van der Waals surface area (Å²) in [5.74, 6) is -0.157. The Bertz CT molecular complexity index is 134. The molecule has 0 aromatic rings. The normalized spacial score (nSPS) is 12.2. The number of hydrogen-bond acceptors (Lipinski definition) is 2. The number of carbonyl (C=O) groups excluding carboxylic acids is 1. The van der Waals surface area contributed by atoms with E-state index in [2.05, 4.69) is 11.9 Å². The molecule has 11 heavy (non-hydrogen) atoms. The third-order valence-corrected chi connectivity index (χ3v) is 1.37. The maximum atomic E-state index is 10.7. The lowest BCUT2D eigenvalue weighted by Crippen LogP contribution is -2.30. The van der Waals surface area contributed by atoms with Crippen molar-refractivity contribution in [2.45, 2.75) is 25.8 Å². The van der Waals surface area contributed by atoms with E-state index >= 15 is 0 Å². The molecule has 0 fully saturated rings. The molecule has 0 aliphatic heterocycles. The Balaban J connectivity index is 3.43. The van der Waals surface area contributed by atoms with Crippen LogP contribution in [-0.2, 0) is 4.79 Å². The molecule has 0 rings (SSSR count). The van der Waals surface area contributed by atoms with Crippen LogP contribution in [-0.4, -0.2) is 23.7 Å². The fraction of sp³-hybridized carbons (Fsp3) is 0.625. The summed E-state index contributed by atoms with van der Waals surface area (Å²) in [5.41, 5.74) is 0. The van der Waals surface area contributed by atoms with Gasteiger partial charge in [0.25, 0.3) is 0 Å². The zero-order valence-electron chi connectivity index (χ0n) is 6.84. The van der Waals surface area contributed by atoms with Gasteiger partial charge in [0.1, 0.15) is 0 Å². The van der Waals surface area contributed by atoms with Crippen molar-refractivity contribution >= 4 is 5.91 Å². The minimum absolute atomic E-state index is 0.118. The van der Waals surface area contributed by atoms with Gasteiger partial charge in [0.15, 0.2) is 0 Å². The summed E-state index contributed by atoms with van der Waals surface area (Å²) >= 11 is 0. The molecule has 0 aliphatic carbocycles. The summed E-state index contributed by atoms with van der Waals surface area (Å²) in [5, 5.41) is 11.2. The van der Waals surface area contributed by atoms with Gasteiger partial charge in [-0.1, -0.05) is 6.58 Å². The molecule has 1 amide bonds. The van der Waals surface area contributed by atoms with Crippen LogP contribution in [0.25, 0.3) is 0 Å². The number of aliphatic hydroxyl groups is 1. The highest BCUT2D eigenvalue weighted by atomic mass is 16.2. The molecule has 0 aromatic heterocycles. The molecule has 2 N–H and O–H groups in total.